The van der Waals surface area contributed by atoms with Crippen molar-refractivity contribution in [1.82, 2.24) is 5.32 Å². The summed E-state index contributed by atoms with van der Waals surface area (Å²) in [5, 5.41) is 21.4. The zero-order valence-corrected chi connectivity index (χ0v) is 9.84. The van der Waals surface area contributed by atoms with Gasteiger partial charge in [0.25, 0.3) is 0 Å². The van der Waals surface area contributed by atoms with E-state index < -0.39 is 0 Å². The van der Waals surface area contributed by atoms with Gasteiger partial charge in [0.1, 0.15) is 5.54 Å². The monoisotopic (exact) mass is 210 g/mol. The predicted molar refractivity (Wildman–Crippen MR) is 60.3 cm³/mol. The molecule has 1 aliphatic carbocycles. The first-order chi connectivity index (χ1) is 7.04. The lowest BCUT2D eigenvalue weighted by Gasteiger charge is -2.41. The van der Waals surface area contributed by atoms with Crippen LogP contribution in [0, 0.1) is 16.7 Å². The third kappa shape index (κ3) is 3.48. The van der Waals surface area contributed by atoms with Gasteiger partial charge in [-0.05, 0) is 37.6 Å². The van der Waals surface area contributed by atoms with E-state index in [2.05, 4.69) is 25.2 Å². The number of hydrogen-bond acceptors (Lipinski definition) is 3. The molecule has 0 aromatic heterocycles. The van der Waals surface area contributed by atoms with Gasteiger partial charge in [-0.15, -0.1) is 0 Å². The third-order valence-electron chi connectivity index (χ3n) is 3.25. The van der Waals surface area contributed by atoms with Crippen molar-refractivity contribution >= 4 is 0 Å². The van der Waals surface area contributed by atoms with Gasteiger partial charge in [0.2, 0.25) is 0 Å². The van der Waals surface area contributed by atoms with Crippen LogP contribution in [0.5, 0.6) is 0 Å². The van der Waals surface area contributed by atoms with Crippen molar-refractivity contribution in [1.29, 1.82) is 5.26 Å². The first-order valence-electron chi connectivity index (χ1n) is 5.81. The molecule has 1 unspecified atom stereocenters. The van der Waals surface area contributed by atoms with E-state index in [4.69, 9.17) is 5.11 Å². The molecule has 1 fully saturated rings. The molecule has 86 valence electrons. The van der Waals surface area contributed by atoms with E-state index in [-0.39, 0.29) is 17.6 Å². The Labute approximate surface area is 92.5 Å². The van der Waals surface area contributed by atoms with Crippen LogP contribution in [0.25, 0.3) is 0 Å². The molecule has 0 radical (unpaired) electrons. The van der Waals surface area contributed by atoms with Gasteiger partial charge in [0.15, 0.2) is 0 Å². The third-order valence-corrected chi connectivity index (χ3v) is 3.25. The molecule has 0 spiro atoms. The van der Waals surface area contributed by atoms with Crippen molar-refractivity contribution in [2.45, 2.75) is 51.5 Å². The largest absolute Gasteiger partial charge is 0.396 e. The van der Waals surface area contributed by atoms with Gasteiger partial charge in [0, 0.05) is 6.61 Å². The van der Waals surface area contributed by atoms with Crippen molar-refractivity contribution in [3.8, 4) is 6.07 Å². The second kappa shape index (κ2) is 4.96. The van der Waals surface area contributed by atoms with Crippen LogP contribution in [-0.4, -0.2) is 23.8 Å². The number of aliphatic hydroxyl groups is 1. The topological polar surface area (TPSA) is 56.0 Å². The Morgan fingerprint density at radius 3 is 2.67 bits per heavy atom. The molecule has 3 heteroatoms. The normalized spacial score (nSPS) is 29.7. The maximum absolute atomic E-state index is 9.30. The average molecular weight is 210 g/mol. The number of nitrogens with one attached hydrogen (secondary N) is 1. The van der Waals surface area contributed by atoms with E-state index in [1.807, 2.05) is 0 Å². The van der Waals surface area contributed by atoms with E-state index in [0.29, 0.717) is 0 Å². The standard InChI is InChI=1S/C12H22N2O/c1-11(2)5-3-6-12(9-11,10-13)14-7-4-8-15/h14-15H,3-9H2,1-2H3. The minimum Gasteiger partial charge on any atom is -0.396 e. The Bertz CT molecular complexity index is 244. The van der Waals surface area contributed by atoms with Crippen LogP contribution in [0.1, 0.15) is 46.0 Å². The van der Waals surface area contributed by atoms with E-state index >= 15 is 0 Å². The fourth-order valence-electron chi connectivity index (χ4n) is 2.56. The predicted octanol–water partition coefficient (Wildman–Crippen LogP) is 1.82. The average Bonchev–Trinajstić information content (AvgIpc) is 2.17. The Kier molecular flexibility index (Phi) is 4.12. The minimum atomic E-state index is -0.350. The molecule has 0 bridgehead atoms. The molecule has 0 aromatic rings. The van der Waals surface area contributed by atoms with Gasteiger partial charge < -0.3 is 5.11 Å². The molecule has 1 rings (SSSR count). The smallest absolute Gasteiger partial charge is 0.107 e. The molecular weight excluding hydrogens is 188 g/mol. The molecule has 0 aromatic carbocycles. The maximum atomic E-state index is 9.30. The summed E-state index contributed by atoms with van der Waals surface area (Å²) in [6.07, 6.45) is 4.91. The lowest BCUT2D eigenvalue weighted by molar-refractivity contribution is 0.155. The molecule has 0 amide bonds. The van der Waals surface area contributed by atoms with E-state index in [1.165, 1.54) is 6.42 Å². The molecule has 3 nitrogen and oxygen atoms in total. The highest BCUT2D eigenvalue weighted by atomic mass is 16.3. The number of nitriles is 1. The van der Waals surface area contributed by atoms with Crippen LogP contribution in [0.4, 0.5) is 0 Å². The quantitative estimate of drug-likeness (QED) is 0.696. The number of nitrogens with zero attached hydrogens (tertiary/aromatic N) is 1. The highest BCUT2D eigenvalue weighted by Crippen LogP contribution is 2.40. The molecule has 0 aliphatic heterocycles. The van der Waals surface area contributed by atoms with Crippen LogP contribution in [0.2, 0.25) is 0 Å². The highest BCUT2D eigenvalue weighted by Gasteiger charge is 2.39. The summed E-state index contributed by atoms with van der Waals surface area (Å²) >= 11 is 0. The Morgan fingerprint density at radius 2 is 2.13 bits per heavy atom. The fourth-order valence-corrected chi connectivity index (χ4v) is 2.56. The molecular formula is C12H22N2O. The van der Waals surface area contributed by atoms with Gasteiger partial charge in [-0.3, -0.25) is 5.32 Å². The zero-order chi connectivity index (χ0) is 11.4. The second-order valence-electron chi connectivity index (χ2n) is 5.39. The SMILES string of the molecule is CC1(C)CCCC(C#N)(NCCCO)C1. The lowest BCUT2D eigenvalue weighted by atomic mass is 9.68. The molecule has 2 N–H and O–H groups in total. The van der Waals surface area contributed by atoms with Crippen LogP contribution in [0.3, 0.4) is 0 Å². The molecule has 1 saturated carbocycles. The van der Waals surface area contributed by atoms with Crippen molar-refractivity contribution in [3.63, 3.8) is 0 Å². The number of hydrogen-bond donors (Lipinski definition) is 2. The molecule has 0 saturated heterocycles. The number of rotatable bonds is 4. The van der Waals surface area contributed by atoms with Crippen LogP contribution in [0.15, 0.2) is 0 Å². The van der Waals surface area contributed by atoms with Crippen molar-refractivity contribution in [2.75, 3.05) is 13.2 Å². The summed E-state index contributed by atoms with van der Waals surface area (Å²) in [5.74, 6) is 0. The lowest BCUT2D eigenvalue weighted by Crippen LogP contribution is -2.50. The Balaban J connectivity index is 2.56. The van der Waals surface area contributed by atoms with E-state index in [0.717, 1.165) is 32.2 Å². The summed E-state index contributed by atoms with van der Waals surface area (Å²) < 4.78 is 0. The van der Waals surface area contributed by atoms with Crippen molar-refractivity contribution < 1.29 is 5.11 Å². The van der Waals surface area contributed by atoms with Gasteiger partial charge in [-0.2, -0.15) is 5.26 Å². The summed E-state index contributed by atoms with van der Waals surface area (Å²) in [6, 6.07) is 2.44. The van der Waals surface area contributed by atoms with Crippen LogP contribution < -0.4 is 5.32 Å². The van der Waals surface area contributed by atoms with Crippen LogP contribution >= 0.6 is 0 Å². The molecule has 0 heterocycles. The van der Waals surface area contributed by atoms with Crippen molar-refractivity contribution in [3.05, 3.63) is 0 Å². The molecule has 15 heavy (non-hydrogen) atoms. The highest BCUT2D eigenvalue weighted by molar-refractivity contribution is 5.11. The summed E-state index contributed by atoms with van der Waals surface area (Å²) in [5.41, 5.74) is -0.0862. The van der Waals surface area contributed by atoms with Crippen molar-refractivity contribution in [2.24, 2.45) is 5.41 Å². The summed E-state index contributed by atoms with van der Waals surface area (Å²) in [6.45, 7) is 5.38. The summed E-state index contributed by atoms with van der Waals surface area (Å²) in [4.78, 5) is 0. The van der Waals surface area contributed by atoms with E-state index in [9.17, 15) is 5.26 Å². The van der Waals surface area contributed by atoms with Gasteiger partial charge in [-0.25, -0.2) is 0 Å². The van der Waals surface area contributed by atoms with Gasteiger partial charge >= 0.3 is 0 Å². The summed E-state index contributed by atoms with van der Waals surface area (Å²) in [7, 11) is 0. The minimum absolute atomic E-state index is 0.192. The Hall–Kier alpha value is -0.590. The number of aliphatic hydroxyl groups excluding tert-OH is 1. The zero-order valence-electron chi connectivity index (χ0n) is 9.84. The van der Waals surface area contributed by atoms with E-state index in [1.54, 1.807) is 0 Å². The maximum Gasteiger partial charge on any atom is 0.107 e. The molecule has 1 aliphatic rings. The fraction of sp³-hybridized carbons (Fsp3) is 0.917. The first-order valence-corrected chi connectivity index (χ1v) is 5.81. The van der Waals surface area contributed by atoms with Gasteiger partial charge in [-0.1, -0.05) is 20.3 Å². The molecule has 1 atom stereocenters. The van der Waals surface area contributed by atoms with Gasteiger partial charge in [0.05, 0.1) is 6.07 Å². The second-order valence-corrected chi connectivity index (χ2v) is 5.39. The first kappa shape index (κ1) is 12.5. The van der Waals surface area contributed by atoms with Crippen LogP contribution in [-0.2, 0) is 0 Å². The Morgan fingerprint density at radius 1 is 1.40 bits per heavy atom.